The normalized spacial score (nSPS) is 27.8. The lowest BCUT2D eigenvalue weighted by molar-refractivity contribution is 0.0633. The fraction of sp³-hybridized carbons (Fsp3) is 0.333. The Kier molecular flexibility index (Phi) is 3.95. The molecule has 0 bridgehead atoms. The van der Waals surface area contributed by atoms with Crippen LogP contribution < -0.4 is 10.1 Å². The van der Waals surface area contributed by atoms with Gasteiger partial charge in [0.2, 0.25) is 4.77 Å². The molecule has 4 rings (SSSR count). The highest BCUT2D eigenvalue weighted by molar-refractivity contribution is 8.00. The number of anilines is 2. The van der Waals surface area contributed by atoms with E-state index in [1.165, 1.54) is 4.57 Å². The van der Waals surface area contributed by atoms with E-state index in [1.54, 1.807) is 6.20 Å². The van der Waals surface area contributed by atoms with Crippen LogP contribution in [0.25, 0.3) is 0 Å². The molecule has 0 amide bonds. The monoisotopic (exact) mass is 367 g/mol. The van der Waals surface area contributed by atoms with Gasteiger partial charge in [0.15, 0.2) is 23.5 Å². The summed E-state index contributed by atoms with van der Waals surface area (Å²) in [5, 5.41) is 20.9. The van der Waals surface area contributed by atoms with Crippen molar-refractivity contribution in [3.63, 3.8) is 0 Å². The van der Waals surface area contributed by atoms with Gasteiger partial charge in [0.05, 0.1) is 23.7 Å². The second kappa shape index (κ2) is 5.99. The molecule has 1 fully saturated rings. The first-order chi connectivity index (χ1) is 11.6. The van der Waals surface area contributed by atoms with E-state index in [1.807, 2.05) is 24.3 Å². The molecule has 126 valence electrons. The highest BCUT2D eigenvalue weighted by Gasteiger charge is 2.44. The van der Waals surface area contributed by atoms with Gasteiger partial charge >= 0.3 is 0 Å². The Morgan fingerprint density at radius 2 is 2.17 bits per heavy atom. The summed E-state index contributed by atoms with van der Waals surface area (Å²) in [6.45, 7) is -0.306. The zero-order valence-corrected chi connectivity index (χ0v) is 13.9. The van der Waals surface area contributed by atoms with Gasteiger partial charge in [-0.05, 0) is 24.4 Å². The largest absolute Gasteiger partial charge is 0.450 e. The summed E-state index contributed by atoms with van der Waals surface area (Å²) in [5.41, 5.74) is 0.777. The van der Waals surface area contributed by atoms with Crippen molar-refractivity contribution in [2.24, 2.45) is 0 Å². The molecule has 1 aromatic heterocycles. The van der Waals surface area contributed by atoms with Crippen molar-refractivity contribution in [1.82, 2.24) is 9.55 Å². The van der Waals surface area contributed by atoms with Gasteiger partial charge in [-0.1, -0.05) is 12.1 Å². The molecule has 2 aliphatic rings. The van der Waals surface area contributed by atoms with E-state index < -0.39 is 22.9 Å². The molecule has 2 aromatic rings. The van der Waals surface area contributed by atoms with Crippen LogP contribution in [0.1, 0.15) is 5.37 Å². The average molecular weight is 367 g/mol. The van der Waals surface area contributed by atoms with E-state index in [4.69, 9.17) is 17.0 Å². The van der Waals surface area contributed by atoms with E-state index in [-0.39, 0.29) is 11.4 Å². The lowest BCUT2D eigenvalue weighted by Crippen LogP contribution is -2.30. The number of nitrogens with one attached hydrogen (secondary N) is 1. The van der Waals surface area contributed by atoms with Crippen molar-refractivity contribution in [3.8, 4) is 11.5 Å². The number of halogens is 1. The quantitative estimate of drug-likeness (QED) is 0.601. The standard InChI is InChI=1S/C15H14FN3O3S2/c16-11-12(21)10(6-20)24-14(11)19-5-9-13(18-15(19)23)17-7-3-1-2-4-8(7)22-9/h1-5,10-12,14,20-21H,6H2,(H,17,18,23)/t10-,11?,12?,14-/m1/s1. The molecule has 2 unspecified atom stereocenters. The number of alkyl halides is 1. The van der Waals surface area contributed by atoms with Crippen LogP contribution in [-0.2, 0) is 0 Å². The van der Waals surface area contributed by atoms with E-state index in [0.29, 0.717) is 17.3 Å². The first-order valence-electron chi connectivity index (χ1n) is 7.34. The number of aliphatic hydroxyl groups excluding tert-OH is 2. The van der Waals surface area contributed by atoms with Crippen LogP contribution in [0.4, 0.5) is 15.9 Å². The Morgan fingerprint density at radius 1 is 1.38 bits per heavy atom. The van der Waals surface area contributed by atoms with Gasteiger partial charge in [-0.25, -0.2) is 4.39 Å². The molecule has 0 spiro atoms. The number of aliphatic hydroxyl groups is 2. The number of para-hydroxylation sites is 2. The summed E-state index contributed by atoms with van der Waals surface area (Å²) in [6.07, 6.45) is -1.21. The number of hydrogen-bond donors (Lipinski definition) is 3. The van der Waals surface area contributed by atoms with E-state index in [2.05, 4.69) is 10.3 Å². The molecule has 6 nitrogen and oxygen atoms in total. The topological polar surface area (TPSA) is 79.5 Å². The second-order valence-electron chi connectivity index (χ2n) is 5.55. The van der Waals surface area contributed by atoms with Crippen molar-refractivity contribution >= 4 is 35.5 Å². The minimum Gasteiger partial charge on any atom is -0.450 e. The summed E-state index contributed by atoms with van der Waals surface area (Å²) >= 11 is 6.41. The van der Waals surface area contributed by atoms with Crippen LogP contribution in [0.3, 0.4) is 0 Å². The number of ether oxygens (including phenoxy) is 1. The molecule has 0 radical (unpaired) electrons. The summed E-state index contributed by atoms with van der Waals surface area (Å²) in [7, 11) is 0. The minimum absolute atomic E-state index is 0.176. The van der Waals surface area contributed by atoms with Crippen molar-refractivity contribution in [2.75, 3.05) is 11.9 Å². The fourth-order valence-electron chi connectivity index (χ4n) is 2.78. The lowest BCUT2D eigenvalue weighted by atomic mass is 10.1. The third-order valence-corrected chi connectivity index (χ3v) is 5.87. The van der Waals surface area contributed by atoms with Crippen molar-refractivity contribution < 1.29 is 19.3 Å². The molecule has 1 aromatic carbocycles. The summed E-state index contributed by atoms with van der Waals surface area (Å²) < 4.78 is 21.9. The lowest BCUT2D eigenvalue weighted by Gasteiger charge is -2.24. The van der Waals surface area contributed by atoms with E-state index in [9.17, 15) is 14.6 Å². The highest BCUT2D eigenvalue weighted by Crippen LogP contribution is 2.46. The zero-order chi connectivity index (χ0) is 16.8. The third kappa shape index (κ3) is 2.48. The van der Waals surface area contributed by atoms with E-state index >= 15 is 0 Å². The first kappa shape index (κ1) is 15.8. The fourth-order valence-corrected chi connectivity index (χ4v) is 4.46. The molecule has 2 aliphatic heterocycles. The number of hydrogen-bond acceptors (Lipinski definition) is 7. The summed E-state index contributed by atoms with van der Waals surface area (Å²) in [4.78, 5) is 4.29. The molecule has 3 N–H and O–H groups in total. The molecule has 3 heterocycles. The molecular weight excluding hydrogens is 353 g/mol. The Hall–Kier alpha value is -1.68. The van der Waals surface area contributed by atoms with Gasteiger partial charge in [0.25, 0.3) is 0 Å². The highest BCUT2D eigenvalue weighted by atomic mass is 32.2. The SMILES string of the molecule is OC[C@H]1S[C@@H](n2cc3c(nc2=S)Nc2ccccc2O3)C(F)C1O. The van der Waals surface area contributed by atoms with Crippen LogP contribution in [0.5, 0.6) is 11.5 Å². The van der Waals surface area contributed by atoms with Gasteiger partial charge in [0, 0.05) is 0 Å². The number of rotatable bonds is 2. The molecule has 9 heteroatoms. The molecule has 1 saturated heterocycles. The van der Waals surface area contributed by atoms with Gasteiger partial charge in [-0.2, -0.15) is 4.98 Å². The third-order valence-electron chi connectivity index (χ3n) is 4.03. The Bertz CT molecular complexity index is 847. The number of nitrogens with zero attached hydrogens (tertiary/aromatic N) is 2. The van der Waals surface area contributed by atoms with Crippen LogP contribution in [0, 0.1) is 4.77 Å². The number of benzene rings is 1. The van der Waals surface area contributed by atoms with Gasteiger partial charge < -0.3 is 24.8 Å². The minimum atomic E-state index is -1.55. The zero-order valence-electron chi connectivity index (χ0n) is 12.3. The maximum Gasteiger partial charge on any atom is 0.202 e. The first-order valence-corrected chi connectivity index (χ1v) is 8.69. The summed E-state index contributed by atoms with van der Waals surface area (Å²) in [6, 6.07) is 7.39. The average Bonchev–Trinajstić information content (AvgIpc) is 2.87. The van der Waals surface area contributed by atoms with Gasteiger partial charge in [-0.3, -0.25) is 0 Å². The van der Waals surface area contributed by atoms with Crippen molar-refractivity contribution in [2.45, 2.75) is 22.9 Å². The van der Waals surface area contributed by atoms with Crippen molar-refractivity contribution in [3.05, 3.63) is 35.2 Å². The van der Waals surface area contributed by atoms with Crippen molar-refractivity contribution in [1.29, 1.82) is 0 Å². The smallest absolute Gasteiger partial charge is 0.202 e. The molecule has 0 aliphatic carbocycles. The van der Waals surface area contributed by atoms with Crippen LogP contribution in [-0.4, -0.2) is 43.9 Å². The number of thioether (sulfide) groups is 1. The Labute approximate surface area is 146 Å². The van der Waals surface area contributed by atoms with Crippen LogP contribution in [0.15, 0.2) is 30.5 Å². The molecule has 24 heavy (non-hydrogen) atoms. The molecule has 0 saturated carbocycles. The Morgan fingerprint density at radius 3 is 2.92 bits per heavy atom. The number of aromatic nitrogens is 2. The predicted octanol–water partition coefficient (Wildman–Crippen LogP) is 2.77. The molecule has 4 atom stereocenters. The van der Waals surface area contributed by atoms with Crippen LogP contribution >= 0.6 is 24.0 Å². The maximum atomic E-state index is 14.4. The predicted molar refractivity (Wildman–Crippen MR) is 91.3 cm³/mol. The van der Waals surface area contributed by atoms with Gasteiger partial charge in [0.1, 0.15) is 11.5 Å². The van der Waals surface area contributed by atoms with Crippen LogP contribution in [0.2, 0.25) is 0 Å². The number of fused-ring (bicyclic) bond motifs is 2. The Balaban J connectivity index is 1.72. The van der Waals surface area contributed by atoms with Gasteiger partial charge in [-0.15, -0.1) is 11.8 Å². The molecular formula is C15H14FN3O3S2. The summed E-state index contributed by atoms with van der Waals surface area (Å²) in [5.74, 6) is 1.53. The second-order valence-corrected chi connectivity index (χ2v) is 7.28. The van der Waals surface area contributed by atoms with E-state index in [0.717, 1.165) is 17.4 Å². The maximum absolute atomic E-state index is 14.4.